The molecule has 0 spiro atoms. The fourth-order valence-corrected chi connectivity index (χ4v) is 5.43. The van der Waals surface area contributed by atoms with Gasteiger partial charge >= 0.3 is 7.12 Å². The van der Waals surface area contributed by atoms with Crippen LogP contribution in [0.25, 0.3) is 0 Å². The number of rotatable bonds is 8. The van der Waals surface area contributed by atoms with Crippen LogP contribution < -0.4 is 16.1 Å². The number of hydrogen-bond acceptors (Lipinski definition) is 9. The lowest BCUT2D eigenvalue weighted by Crippen LogP contribution is -2.50. The maximum Gasteiger partial charge on any atom is 0.497 e. The van der Waals surface area contributed by atoms with Crippen LogP contribution in [0.2, 0.25) is 23.2 Å². The highest BCUT2D eigenvalue weighted by atomic mass is 35.5. The van der Waals surface area contributed by atoms with E-state index in [1.807, 2.05) is 19.9 Å². The Hall–Kier alpha value is -2.27. The van der Waals surface area contributed by atoms with Crippen molar-refractivity contribution in [1.82, 2.24) is 9.97 Å². The van der Waals surface area contributed by atoms with Crippen LogP contribution in [-0.2, 0) is 25.1 Å². The minimum absolute atomic E-state index is 0.0160. The van der Waals surface area contributed by atoms with E-state index in [9.17, 15) is 5.26 Å². The average Bonchev–Trinajstić information content (AvgIpc) is 2.89. The summed E-state index contributed by atoms with van der Waals surface area (Å²) in [5.74, 6) is -0.120. The number of aromatic nitrogens is 2. The Balaban J connectivity index is 1.61. The fourth-order valence-electron chi connectivity index (χ4n) is 4.33. The molecular formula is C28H40BClFN5O4Si. The van der Waals surface area contributed by atoms with Crippen molar-refractivity contribution in [1.29, 1.82) is 5.26 Å². The van der Waals surface area contributed by atoms with E-state index in [1.54, 1.807) is 0 Å². The number of nitriles is 1. The summed E-state index contributed by atoms with van der Waals surface area (Å²) in [7, 11) is -2.97. The molecule has 2 N–H and O–H groups in total. The van der Waals surface area contributed by atoms with Crippen molar-refractivity contribution in [2.24, 2.45) is 11.3 Å². The Morgan fingerprint density at radius 1 is 1.27 bits per heavy atom. The third-order valence-electron chi connectivity index (χ3n) is 7.94. The standard InChI is InChI=1S/C28H40BClFN5O4Si/c1-27(2,3)41(6,7)40-14-19-10-20(11-22(31)24(19)29-38-16-28(4,5)17-39-29)34-26-33-13-21(30)25(36-26)35-23-15-37-9-8-18(23)12-32/h10-11,13,18,23H,8-9,14-17H2,1-7H3,(H2,33,34,35,36)/t18?,23-/m0/s1. The number of benzene rings is 1. The van der Waals surface area contributed by atoms with Gasteiger partial charge in [-0.1, -0.05) is 46.2 Å². The molecule has 9 nitrogen and oxygen atoms in total. The van der Waals surface area contributed by atoms with Crippen LogP contribution in [0.5, 0.6) is 0 Å². The molecule has 0 saturated carbocycles. The molecule has 13 heteroatoms. The molecule has 222 valence electrons. The van der Waals surface area contributed by atoms with E-state index in [-0.39, 0.29) is 35.0 Å². The lowest BCUT2D eigenvalue weighted by atomic mass is 9.73. The van der Waals surface area contributed by atoms with Gasteiger partial charge in [-0.05, 0) is 42.2 Å². The number of hydrogen-bond donors (Lipinski definition) is 2. The fraction of sp³-hybridized carbons (Fsp3) is 0.607. The highest BCUT2D eigenvalue weighted by Gasteiger charge is 2.40. The van der Waals surface area contributed by atoms with Gasteiger partial charge < -0.3 is 29.1 Å². The van der Waals surface area contributed by atoms with E-state index in [2.05, 4.69) is 60.5 Å². The average molecular weight is 604 g/mol. The lowest BCUT2D eigenvalue weighted by molar-refractivity contribution is 0.0339. The number of nitrogens with zero attached hydrogens (tertiary/aromatic N) is 3. The molecule has 0 amide bonds. The van der Waals surface area contributed by atoms with Crippen LogP contribution in [0.3, 0.4) is 0 Å². The molecule has 2 aliphatic rings. The van der Waals surface area contributed by atoms with E-state index >= 15 is 4.39 Å². The van der Waals surface area contributed by atoms with Crippen LogP contribution in [0, 0.1) is 28.5 Å². The molecule has 2 fully saturated rings. The highest BCUT2D eigenvalue weighted by molar-refractivity contribution is 6.74. The second-order valence-corrected chi connectivity index (χ2v) is 18.3. The summed E-state index contributed by atoms with van der Waals surface area (Å²) in [6, 6.07) is 5.26. The molecule has 4 rings (SSSR count). The van der Waals surface area contributed by atoms with Crippen molar-refractivity contribution in [2.75, 3.05) is 37.1 Å². The number of halogens is 2. The number of ether oxygens (including phenoxy) is 1. The topological polar surface area (TPSA) is 111 Å². The molecule has 0 aliphatic carbocycles. The Bertz CT molecular complexity index is 1280. The first-order valence-corrected chi connectivity index (χ1v) is 17.2. The third-order valence-corrected chi connectivity index (χ3v) is 12.7. The van der Waals surface area contributed by atoms with Crippen molar-refractivity contribution in [3.63, 3.8) is 0 Å². The lowest BCUT2D eigenvalue weighted by Gasteiger charge is -2.37. The highest BCUT2D eigenvalue weighted by Crippen LogP contribution is 2.37. The molecule has 3 heterocycles. The molecule has 1 unspecified atom stereocenters. The Labute approximate surface area is 248 Å². The van der Waals surface area contributed by atoms with Crippen molar-refractivity contribution >= 4 is 50.0 Å². The quantitative estimate of drug-likeness (QED) is 0.370. The molecular weight excluding hydrogens is 564 g/mol. The van der Waals surface area contributed by atoms with E-state index in [1.165, 1.54) is 12.3 Å². The van der Waals surface area contributed by atoms with Crippen molar-refractivity contribution in [2.45, 2.75) is 71.8 Å². The summed E-state index contributed by atoms with van der Waals surface area (Å²) in [6.07, 6.45) is 2.08. The zero-order chi connectivity index (χ0) is 30.0. The first kappa shape index (κ1) is 31.7. The van der Waals surface area contributed by atoms with Gasteiger partial charge in [0.2, 0.25) is 5.95 Å². The second kappa shape index (κ2) is 12.5. The smallest absolute Gasteiger partial charge is 0.413 e. The summed E-state index contributed by atoms with van der Waals surface area (Å²) in [5.41, 5.74) is 1.26. The van der Waals surface area contributed by atoms with Gasteiger partial charge in [-0.15, -0.1) is 0 Å². The van der Waals surface area contributed by atoms with Gasteiger partial charge in [0.1, 0.15) is 10.8 Å². The van der Waals surface area contributed by atoms with Crippen LogP contribution in [0.4, 0.5) is 21.8 Å². The van der Waals surface area contributed by atoms with Gasteiger partial charge in [-0.25, -0.2) is 9.37 Å². The monoisotopic (exact) mass is 603 g/mol. The van der Waals surface area contributed by atoms with Crippen LogP contribution in [0.1, 0.15) is 46.6 Å². The molecule has 2 aliphatic heterocycles. The molecule has 1 aromatic heterocycles. The summed E-state index contributed by atoms with van der Waals surface area (Å²) in [5, 5.41) is 16.1. The maximum absolute atomic E-state index is 15.8. The number of anilines is 3. The molecule has 0 radical (unpaired) electrons. The normalized spacial score (nSPS) is 21.3. The van der Waals surface area contributed by atoms with E-state index in [0.717, 1.165) is 0 Å². The molecule has 2 atom stereocenters. The first-order chi connectivity index (χ1) is 19.2. The Kier molecular flexibility index (Phi) is 9.68. The van der Waals surface area contributed by atoms with Crippen molar-refractivity contribution in [3.05, 3.63) is 34.7 Å². The largest absolute Gasteiger partial charge is 0.497 e. The summed E-state index contributed by atoms with van der Waals surface area (Å²) >= 11 is 6.37. The zero-order valence-corrected chi connectivity index (χ0v) is 26.7. The molecule has 2 aromatic rings. The second-order valence-electron chi connectivity index (χ2n) is 13.1. The van der Waals surface area contributed by atoms with Gasteiger partial charge in [0.25, 0.3) is 0 Å². The van der Waals surface area contributed by atoms with Crippen LogP contribution in [0.15, 0.2) is 18.3 Å². The molecule has 2 saturated heterocycles. The predicted octanol–water partition coefficient (Wildman–Crippen LogP) is 5.64. The first-order valence-electron chi connectivity index (χ1n) is 13.9. The molecule has 0 bridgehead atoms. The third kappa shape index (κ3) is 7.77. The van der Waals surface area contributed by atoms with Crippen LogP contribution >= 0.6 is 11.6 Å². The van der Waals surface area contributed by atoms with Crippen molar-refractivity contribution in [3.8, 4) is 6.07 Å². The SMILES string of the molecule is CC1(C)COB(c2c(F)cc(Nc3ncc(Cl)c(N[C@H]4COCCC4C#N)n3)cc2CO[Si](C)(C)C(C)(C)C)OC1. The summed E-state index contributed by atoms with van der Waals surface area (Å²) < 4.78 is 39.8. The zero-order valence-electron chi connectivity index (χ0n) is 24.9. The Morgan fingerprint density at radius 2 is 1.98 bits per heavy atom. The van der Waals surface area contributed by atoms with Crippen LogP contribution in [-0.4, -0.2) is 57.9 Å². The van der Waals surface area contributed by atoms with Crippen molar-refractivity contribution < 1.29 is 22.9 Å². The summed E-state index contributed by atoms with van der Waals surface area (Å²) in [4.78, 5) is 8.79. The van der Waals surface area contributed by atoms with Gasteiger partial charge in [0, 0.05) is 36.4 Å². The maximum atomic E-state index is 15.8. The van der Waals surface area contributed by atoms with Gasteiger partial charge in [0.15, 0.2) is 14.1 Å². The van der Waals surface area contributed by atoms with Gasteiger partial charge in [0.05, 0.1) is 37.4 Å². The van der Waals surface area contributed by atoms with E-state index in [0.29, 0.717) is 60.4 Å². The number of nitrogens with one attached hydrogen (secondary N) is 2. The van der Waals surface area contributed by atoms with E-state index < -0.39 is 21.3 Å². The Morgan fingerprint density at radius 3 is 2.63 bits per heavy atom. The minimum atomic E-state index is -2.14. The molecule has 41 heavy (non-hydrogen) atoms. The molecule has 1 aromatic carbocycles. The van der Waals surface area contributed by atoms with Gasteiger partial charge in [-0.3, -0.25) is 0 Å². The minimum Gasteiger partial charge on any atom is -0.413 e. The predicted molar refractivity (Wildman–Crippen MR) is 162 cm³/mol. The van der Waals surface area contributed by atoms with E-state index in [4.69, 9.17) is 30.1 Å². The van der Waals surface area contributed by atoms with Gasteiger partial charge in [-0.2, -0.15) is 10.2 Å². The summed E-state index contributed by atoms with van der Waals surface area (Å²) in [6.45, 7) is 16.9.